The molecule has 1 spiro atoms. The molecule has 7 nitrogen and oxygen atoms in total. The van der Waals surface area contributed by atoms with E-state index in [4.69, 9.17) is 0 Å². The van der Waals surface area contributed by atoms with Crippen LogP contribution in [0, 0.1) is 25.2 Å². The zero-order valence-electron chi connectivity index (χ0n) is 17.9. The van der Waals surface area contributed by atoms with E-state index in [2.05, 4.69) is 27.5 Å². The van der Waals surface area contributed by atoms with Crippen molar-refractivity contribution in [2.75, 3.05) is 19.6 Å². The van der Waals surface area contributed by atoms with E-state index in [9.17, 15) is 9.59 Å². The highest BCUT2D eigenvalue weighted by Crippen LogP contribution is 2.59. The normalized spacial score (nSPS) is 19.7. The van der Waals surface area contributed by atoms with E-state index in [0.717, 1.165) is 57.6 Å². The maximum absolute atomic E-state index is 12.6. The van der Waals surface area contributed by atoms with Crippen LogP contribution in [0.15, 0.2) is 30.3 Å². The molecule has 1 aromatic heterocycles. The minimum absolute atomic E-state index is 0.0837. The molecule has 0 bridgehead atoms. The molecule has 1 aliphatic heterocycles. The molecular weight excluding hydrogens is 378 g/mol. The minimum Gasteiger partial charge on any atom is -0.356 e. The molecule has 30 heavy (non-hydrogen) atoms. The second-order valence-corrected chi connectivity index (χ2v) is 8.74. The number of piperidine rings is 1. The van der Waals surface area contributed by atoms with Crippen molar-refractivity contribution < 1.29 is 9.59 Å². The summed E-state index contributed by atoms with van der Waals surface area (Å²) in [4.78, 5) is 31.4. The molecule has 2 amide bonds. The Labute approximate surface area is 177 Å². The first kappa shape index (κ1) is 20.6. The molecule has 7 heteroatoms. The number of likely N-dealkylation sites (tertiary alicyclic amines) is 1. The predicted octanol–water partition coefficient (Wildman–Crippen LogP) is 2.27. The molecule has 4 rings (SSSR count). The van der Waals surface area contributed by atoms with Crippen LogP contribution in [0.3, 0.4) is 0 Å². The van der Waals surface area contributed by atoms with Gasteiger partial charge in [-0.25, -0.2) is 9.67 Å². The second kappa shape index (κ2) is 8.58. The Kier molecular flexibility index (Phi) is 5.88. The quantitative estimate of drug-likeness (QED) is 0.712. The van der Waals surface area contributed by atoms with Crippen molar-refractivity contribution in [1.29, 1.82) is 0 Å². The Morgan fingerprint density at radius 2 is 1.90 bits per heavy atom. The Bertz CT molecular complexity index is 900. The third kappa shape index (κ3) is 4.55. The van der Waals surface area contributed by atoms with Crippen molar-refractivity contribution in [1.82, 2.24) is 25.0 Å². The number of carbonyl (C=O) groups excluding carboxylic acids is 2. The molecule has 2 heterocycles. The van der Waals surface area contributed by atoms with Gasteiger partial charge in [-0.2, -0.15) is 5.10 Å². The van der Waals surface area contributed by atoms with Crippen molar-refractivity contribution in [2.45, 2.75) is 52.5 Å². The average Bonchev–Trinajstić information content (AvgIpc) is 3.34. The van der Waals surface area contributed by atoms with Crippen LogP contribution in [0.1, 0.15) is 42.9 Å². The summed E-state index contributed by atoms with van der Waals surface area (Å²) in [7, 11) is 0. The Morgan fingerprint density at radius 3 is 2.57 bits per heavy atom. The lowest BCUT2D eigenvalue weighted by Gasteiger charge is -2.33. The number of aromatic nitrogens is 3. The lowest BCUT2D eigenvalue weighted by molar-refractivity contribution is -0.133. The van der Waals surface area contributed by atoms with Gasteiger partial charge in [-0.05, 0) is 56.9 Å². The second-order valence-electron chi connectivity index (χ2n) is 8.74. The van der Waals surface area contributed by atoms with E-state index in [-0.39, 0.29) is 29.7 Å². The SMILES string of the molecule is Cc1nc(C)n(CC(=O)N2CCC3(CC2)CC3C(=O)NCCCc2ccccc2)n1. The fourth-order valence-corrected chi connectivity index (χ4v) is 4.68. The van der Waals surface area contributed by atoms with Gasteiger partial charge in [0.15, 0.2) is 0 Å². The molecular formula is C23H31N5O2. The maximum atomic E-state index is 12.6. The van der Waals surface area contributed by atoms with Crippen LogP contribution in [0.4, 0.5) is 0 Å². The van der Waals surface area contributed by atoms with Crippen LogP contribution in [0.5, 0.6) is 0 Å². The number of aryl methyl sites for hydroxylation is 3. The summed E-state index contributed by atoms with van der Waals surface area (Å²) < 4.78 is 1.67. The number of benzene rings is 1. The Morgan fingerprint density at radius 1 is 1.17 bits per heavy atom. The van der Waals surface area contributed by atoms with Crippen molar-refractivity contribution in [3.05, 3.63) is 47.5 Å². The van der Waals surface area contributed by atoms with E-state index < -0.39 is 0 Å². The molecule has 2 aliphatic rings. The van der Waals surface area contributed by atoms with Gasteiger partial charge >= 0.3 is 0 Å². The van der Waals surface area contributed by atoms with E-state index in [1.165, 1.54) is 5.56 Å². The van der Waals surface area contributed by atoms with Gasteiger partial charge in [0.2, 0.25) is 11.8 Å². The minimum atomic E-state index is 0.0837. The van der Waals surface area contributed by atoms with Crippen LogP contribution in [0.2, 0.25) is 0 Å². The van der Waals surface area contributed by atoms with Gasteiger partial charge in [-0.15, -0.1) is 0 Å². The summed E-state index contributed by atoms with van der Waals surface area (Å²) in [6.45, 7) is 6.11. The van der Waals surface area contributed by atoms with Crippen LogP contribution in [-0.4, -0.2) is 51.1 Å². The van der Waals surface area contributed by atoms with Gasteiger partial charge < -0.3 is 10.2 Å². The molecule has 1 atom stereocenters. The highest BCUT2D eigenvalue weighted by atomic mass is 16.2. The van der Waals surface area contributed by atoms with Gasteiger partial charge in [-0.3, -0.25) is 9.59 Å². The molecule has 1 saturated carbocycles. The smallest absolute Gasteiger partial charge is 0.244 e. The van der Waals surface area contributed by atoms with Gasteiger partial charge in [0.25, 0.3) is 0 Å². The zero-order valence-corrected chi connectivity index (χ0v) is 17.9. The molecule has 1 aromatic carbocycles. The van der Waals surface area contributed by atoms with E-state index >= 15 is 0 Å². The van der Waals surface area contributed by atoms with Gasteiger partial charge in [0.1, 0.15) is 18.2 Å². The number of nitrogens with zero attached hydrogens (tertiary/aromatic N) is 4. The fraction of sp³-hybridized carbons (Fsp3) is 0.565. The number of rotatable bonds is 7. The standard InChI is InChI=1S/C23H31N5O2/c1-17-25-18(2)28(26-17)16-21(29)27-13-10-23(11-14-27)15-20(23)22(30)24-12-6-9-19-7-4-3-5-8-19/h3-5,7-8,20H,6,9-16H2,1-2H3,(H,24,30). The van der Waals surface area contributed by atoms with Crippen LogP contribution in [-0.2, 0) is 22.6 Å². The van der Waals surface area contributed by atoms with E-state index in [1.807, 2.05) is 36.9 Å². The lowest BCUT2D eigenvalue weighted by Crippen LogP contribution is -2.42. The summed E-state index contributed by atoms with van der Waals surface area (Å²) in [5.41, 5.74) is 1.42. The van der Waals surface area contributed by atoms with Crippen molar-refractivity contribution in [3.8, 4) is 0 Å². The van der Waals surface area contributed by atoms with Gasteiger partial charge in [0, 0.05) is 25.6 Å². The summed E-state index contributed by atoms with van der Waals surface area (Å²) in [6.07, 6.45) is 4.73. The summed E-state index contributed by atoms with van der Waals surface area (Å²) in [6, 6.07) is 10.4. The van der Waals surface area contributed by atoms with E-state index in [0.29, 0.717) is 5.82 Å². The molecule has 160 valence electrons. The predicted molar refractivity (Wildman–Crippen MR) is 114 cm³/mol. The molecule has 1 unspecified atom stereocenters. The fourth-order valence-electron chi connectivity index (χ4n) is 4.68. The molecule has 1 aliphatic carbocycles. The maximum Gasteiger partial charge on any atom is 0.244 e. The monoisotopic (exact) mass is 409 g/mol. The summed E-state index contributed by atoms with van der Waals surface area (Å²) in [5, 5.41) is 7.40. The van der Waals surface area contributed by atoms with Gasteiger partial charge in [0.05, 0.1) is 0 Å². The van der Waals surface area contributed by atoms with Crippen molar-refractivity contribution >= 4 is 11.8 Å². The molecule has 2 fully saturated rings. The molecule has 1 N–H and O–H groups in total. The van der Waals surface area contributed by atoms with Crippen molar-refractivity contribution in [3.63, 3.8) is 0 Å². The Hall–Kier alpha value is -2.70. The highest BCUT2D eigenvalue weighted by molar-refractivity contribution is 5.82. The summed E-state index contributed by atoms with van der Waals surface area (Å²) >= 11 is 0. The number of carbonyl (C=O) groups is 2. The largest absolute Gasteiger partial charge is 0.356 e. The average molecular weight is 410 g/mol. The van der Waals surface area contributed by atoms with E-state index in [1.54, 1.807) is 4.68 Å². The lowest BCUT2D eigenvalue weighted by atomic mass is 9.90. The zero-order chi connectivity index (χ0) is 21.1. The first-order chi connectivity index (χ1) is 14.5. The highest BCUT2D eigenvalue weighted by Gasteiger charge is 2.58. The molecule has 2 aromatic rings. The van der Waals surface area contributed by atoms with Crippen LogP contribution < -0.4 is 5.32 Å². The first-order valence-electron chi connectivity index (χ1n) is 10.9. The molecule has 0 radical (unpaired) electrons. The van der Waals surface area contributed by atoms with Crippen molar-refractivity contribution in [2.24, 2.45) is 11.3 Å². The number of amides is 2. The van der Waals surface area contributed by atoms with Crippen LogP contribution >= 0.6 is 0 Å². The van der Waals surface area contributed by atoms with Crippen LogP contribution in [0.25, 0.3) is 0 Å². The third-order valence-corrected chi connectivity index (χ3v) is 6.65. The number of nitrogens with one attached hydrogen (secondary N) is 1. The molecule has 1 saturated heterocycles. The Balaban J connectivity index is 1.18. The topological polar surface area (TPSA) is 80.1 Å². The number of hydrogen-bond acceptors (Lipinski definition) is 4. The summed E-state index contributed by atoms with van der Waals surface area (Å²) in [5.74, 6) is 1.85. The number of hydrogen-bond donors (Lipinski definition) is 1. The van der Waals surface area contributed by atoms with Gasteiger partial charge in [-0.1, -0.05) is 30.3 Å². The first-order valence-corrected chi connectivity index (χ1v) is 10.9. The third-order valence-electron chi connectivity index (χ3n) is 6.65.